The summed E-state index contributed by atoms with van der Waals surface area (Å²) >= 11 is 0. The van der Waals surface area contributed by atoms with E-state index in [0.717, 1.165) is 43.8 Å². The van der Waals surface area contributed by atoms with Gasteiger partial charge in [0, 0.05) is 39.3 Å². The number of guanidine groups is 1. The third-order valence-corrected chi connectivity index (χ3v) is 6.60. The molecule has 7 nitrogen and oxygen atoms in total. The van der Waals surface area contributed by atoms with Gasteiger partial charge in [-0.05, 0) is 51.1 Å². The number of aryl methyl sites for hydroxylation is 1. The number of fused-ring (bicyclic) bond motifs is 1. The van der Waals surface area contributed by atoms with E-state index in [4.69, 9.17) is 4.99 Å². The van der Waals surface area contributed by atoms with E-state index in [2.05, 4.69) is 62.6 Å². The van der Waals surface area contributed by atoms with E-state index < -0.39 is 0 Å². The van der Waals surface area contributed by atoms with Crippen LogP contribution in [0.25, 0.3) is 0 Å². The number of aliphatic imine (C=N–C) groups is 1. The maximum absolute atomic E-state index is 4.90. The number of aromatic nitrogens is 3. The molecule has 3 heterocycles. The largest absolute Gasteiger partial charge is 0.357 e. The highest BCUT2D eigenvalue weighted by Gasteiger charge is 2.36. The molecule has 0 bridgehead atoms. The van der Waals surface area contributed by atoms with Gasteiger partial charge in [-0.2, -0.15) is 0 Å². The number of nitrogens with zero attached hydrogens (tertiary/aromatic N) is 6. The first kappa shape index (κ1) is 24.0. The SMILES string of the molecule is CCNC(=NCc1nnc(C)n1C)N1CCC2C(CCCN2Cc2ccccc2)C1.I. The Labute approximate surface area is 203 Å². The zero-order chi connectivity index (χ0) is 20.9. The van der Waals surface area contributed by atoms with E-state index in [1.54, 1.807) is 0 Å². The Kier molecular flexibility index (Phi) is 8.71. The highest BCUT2D eigenvalue weighted by atomic mass is 127. The smallest absolute Gasteiger partial charge is 0.194 e. The quantitative estimate of drug-likeness (QED) is 0.361. The maximum Gasteiger partial charge on any atom is 0.194 e. The summed E-state index contributed by atoms with van der Waals surface area (Å²) in [6.07, 6.45) is 3.80. The summed E-state index contributed by atoms with van der Waals surface area (Å²) in [6.45, 7) is 9.97. The lowest BCUT2D eigenvalue weighted by molar-refractivity contribution is 0.0372. The summed E-state index contributed by atoms with van der Waals surface area (Å²) in [5, 5.41) is 11.9. The second-order valence-electron chi connectivity index (χ2n) is 8.55. The number of rotatable bonds is 5. The van der Waals surface area contributed by atoms with Crippen molar-refractivity contribution < 1.29 is 0 Å². The van der Waals surface area contributed by atoms with Crippen LogP contribution in [0.2, 0.25) is 0 Å². The van der Waals surface area contributed by atoms with Crippen molar-refractivity contribution in [1.82, 2.24) is 29.9 Å². The van der Waals surface area contributed by atoms with E-state index in [-0.39, 0.29) is 24.0 Å². The standard InChI is InChI=1S/C23H35N7.HI/c1-4-24-23(25-15-22-27-26-18(2)28(22)3)30-14-12-21-20(17-30)11-8-13-29(21)16-19-9-6-5-7-10-19;/h5-7,9-10,20-21H,4,8,11-17H2,1-3H3,(H,24,25);1H. The summed E-state index contributed by atoms with van der Waals surface area (Å²) in [5.74, 6) is 3.55. The number of piperidine rings is 2. The van der Waals surface area contributed by atoms with Crippen LogP contribution in [0.4, 0.5) is 0 Å². The lowest BCUT2D eigenvalue weighted by atomic mass is 9.83. The molecule has 4 rings (SSSR count). The Bertz CT molecular complexity index is 851. The summed E-state index contributed by atoms with van der Waals surface area (Å²) in [5.41, 5.74) is 1.43. The van der Waals surface area contributed by atoms with Gasteiger partial charge in [-0.3, -0.25) is 4.90 Å². The van der Waals surface area contributed by atoms with Crippen molar-refractivity contribution in [2.75, 3.05) is 26.2 Å². The first-order chi connectivity index (χ1) is 14.7. The Balaban J connectivity index is 0.00000272. The molecule has 1 aromatic carbocycles. The van der Waals surface area contributed by atoms with Gasteiger partial charge in [0.15, 0.2) is 11.8 Å². The van der Waals surface area contributed by atoms with Crippen LogP contribution in [0.1, 0.15) is 43.4 Å². The average Bonchev–Trinajstić information content (AvgIpc) is 3.09. The summed E-state index contributed by atoms with van der Waals surface area (Å²) < 4.78 is 2.02. The van der Waals surface area contributed by atoms with Gasteiger partial charge >= 0.3 is 0 Å². The van der Waals surface area contributed by atoms with Crippen LogP contribution in [0.15, 0.2) is 35.3 Å². The van der Waals surface area contributed by atoms with Crippen LogP contribution in [0, 0.1) is 12.8 Å². The Hall–Kier alpha value is -1.68. The van der Waals surface area contributed by atoms with Gasteiger partial charge in [-0.15, -0.1) is 34.2 Å². The summed E-state index contributed by atoms with van der Waals surface area (Å²) in [6, 6.07) is 11.6. The minimum absolute atomic E-state index is 0. The predicted molar refractivity (Wildman–Crippen MR) is 136 cm³/mol. The highest BCUT2D eigenvalue weighted by molar-refractivity contribution is 14.0. The van der Waals surface area contributed by atoms with Crippen molar-refractivity contribution >= 4 is 29.9 Å². The Morgan fingerprint density at radius 2 is 1.97 bits per heavy atom. The molecule has 2 saturated heterocycles. The van der Waals surface area contributed by atoms with E-state index in [9.17, 15) is 0 Å². The van der Waals surface area contributed by atoms with Crippen LogP contribution in [0.3, 0.4) is 0 Å². The van der Waals surface area contributed by atoms with Gasteiger partial charge in [0.25, 0.3) is 0 Å². The van der Waals surface area contributed by atoms with Gasteiger partial charge in [0.05, 0.1) is 0 Å². The average molecular weight is 537 g/mol. The molecule has 1 N–H and O–H groups in total. The molecule has 2 aliphatic rings. The number of hydrogen-bond acceptors (Lipinski definition) is 4. The van der Waals surface area contributed by atoms with E-state index in [1.165, 1.54) is 31.4 Å². The molecule has 2 aromatic rings. The maximum atomic E-state index is 4.90. The summed E-state index contributed by atoms with van der Waals surface area (Å²) in [7, 11) is 2.00. The van der Waals surface area contributed by atoms with Crippen LogP contribution in [-0.2, 0) is 20.1 Å². The molecule has 0 aliphatic carbocycles. The molecule has 2 atom stereocenters. The normalized spacial score (nSPS) is 22.0. The zero-order valence-electron chi connectivity index (χ0n) is 19.0. The minimum atomic E-state index is 0. The topological polar surface area (TPSA) is 61.6 Å². The van der Waals surface area contributed by atoms with Crippen molar-refractivity contribution in [2.24, 2.45) is 18.0 Å². The first-order valence-corrected chi connectivity index (χ1v) is 11.3. The predicted octanol–water partition coefficient (Wildman–Crippen LogP) is 3.19. The molecule has 2 aliphatic heterocycles. The fourth-order valence-electron chi connectivity index (χ4n) is 4.87. The van der Waals surface area contributed by atoms with Gasteiger partial charge in [0.2, 0.25) is 0 Å². The second kappa shape index (κ2) is 11.3. The molecule has 2 fully saturated rings. The van der Waals surface area contributed by atoms with E-state index >= 15 is 0 Å². The van der Waals surface area contributed by atoms with Crippen molar-refractivity contribution in [3.63, 3.8) is 0 Å². The molecular weight excluding hydrogens is 501 g/mol. The van der Waals surface area contributed by atoms with Gasteiger partial charge < -0.3 is 14.8 Å². The first-order valence-electron chi connectivity index (χ1n) is 11.3. The number of likely N-dealkylation sites (tertiary alicyclic amines) is 2. The zero-order valence-corrected chi connectivity index (χ0v) is 21.3. The van der Waals surface area contributed by atoms with Crippen LogP contribution < -0.4 is 5.32 Å². The highest BCUT2D eigenvalue weighted by Crippen LogP contribution is 2.31. The van der Waals surface area contributed by atoms with Crippen molar-refractivity contribution in [3.05, 3.63) is 47.5 Å². The van der Waals surface area contributed by atoms with Crippen LogP contribution in [0.5, 0.6) is 0 Å². The Morgan fingerprint density at radius 1 is 1.16 bits per heavy atom. The van der Waals surface area contributed by atoms with Gasteiger partial charge in [0.1, 0.15) is 12.4 Å². The number of benzene rings is 1. The summed E-state index contributed by atoms with van der Waals surface area (Å²) in [4.78, 5) is 10.1. The van der Waals surface area contributed by atoms with Gasteiger partial charge in [-0.1, -0.05) is 30.3 Å². The molecule has 0 amide bonds. The number of nitrogens with one attached hydrogen (secondary N) is 1. The third-order valence-electron chi connectivity index (χ3n) is 6.60. The molecule has 170 valence electrons. The van der Waals surface area contributed by atoms with Crippen molar-refractivity contribution in [3.8, 4) is 0 Å². The van der Waals surface area contributed by atoms with E-state index in [0.29, 0.717) is 18.5 Å². The van der Waals surface area contributed by atoms with Crippen LogP contribution in [-0.4, -0.2) is 62.7 Å². The Morgan fingerprint density at radius 3 is 2.68 bits per heavy atom. The minimum Gasteiger partial charge on any atom is -0.357 e. The lowest BCUT2D eigenvalue weighted by Crippen LogP contribution is -2.56. The monoisotopic (exact) mass is 537 g/mol. The van der Waals surface area contributed by atoms with Crippen molar-refractivity contribution in [1.29, 1.82) is 0 Å². The number of halogens is 1. The molecule has 0 radical (unpaired) electrons. The second-order valence-corrected chi connectivity index (χ2v) is 8.55. The van der Waals surface area contributed by atoms with Crippen LogP contribution >= 0.6 is 24.0 Å². The fraction of sp³-hybridized carbons (Fsp3) is 0.609. The molecule has 8 heteroatoms. The lowest BCUT2D eigenvalue weighted by Gasteiger charge is -2.48. The van der Waals surface area contributed by atoms with Crippen molar-refractivity contribution in [2.45, 2.75) is 52.2 Å². The fourth-order valence-corrected chi connectivity index (χ4v) is 4.87. The number of hydrogen-bond donors (Lipinski definition) is 1. The third kappa shape index (κ3) is 5.77. The molecule has 0 spiro atoms. The molecule has 31 heavy (non-hydrogen) atoms. The molecule has 2 unspecified atom stereocenters. The van der Waals surface area contributed by atoms with E-state index in [1.807, 2.05) is 18.5 Å². The molecule has 0 saturated carbocycles. The molecule has 1 aromatic heterocycles. The molecular formula is C23H36IN7. The van der Waals surface area contributed by atoms with Gasteiger partial charge in [-0.25, -0.2) is 4.99 Å².